The van der Waals surface area contributed by atoms with E-state index in [1.54, 1.807) is 0 Å². The lowest BCUT2D eigenvalue weighted by Gasteiger charge is -2.19. The van der Waals surface area contributed by atoms with E-state index in [2.05, 4.69) is 15.5 Å². The lowest BCUT2D eigenvalue weighted by molar-refractivity contribution is -0.120. The molecule has 2 aromatic rings. The Morgan fingerprint density at radius 1 is 1.14 bits per heavy atom. The van der Waals surface area contributed by atoms with Crippen LogP contribution in [0.25, 0.3) is 10.6 Å². The zero-order valence-electron chi connectivity index (χ0n) is 11.7. The second-order valence-corrected chi connectivity index (χ2v) is 6.34. The maximum absolute atomic E-state index is 12.2. The number of hydrogen-bond donors (Lipinski definition) is 2. The Labute approximate surface area is 127 Å². The molecule has 110 valence electrons. The Kier molecular flexibility index (Phi) is 4.15. The molecule has 1 aromatic carbocycles. The number of rotatable bonds is 3. The smallest absolute Gasteiger partial charge is 0.229 e. The van der Waals surface area contributed by atoms with Gasteiger partial charge in [0.15, 0.2) is 0 Å². The normalized spacial score (nSPS) is 15.8. The predicted octanol–water partition coefficient (Wildman–Crippen LogP) is 3.31. The first-order chi connectivity index (χ1) is 10.2. The molecule has 0 spiro atoms. The number of nitrogens with two attached hydrogens (primary N) is 1. The van der Waals surface area contributed by atoms with E-state index in [9.17, 15) is 4.79 Å². The number of nitrogens with one attached hydrogen (secondary N) is 1. The van der Waals surface area contributed by atoms with Crippen molar-refractivity contribution in [1.29, 1.82) is 0 Å². The second kappa shape index (κ2) is 6.22. The van der Waals surface area contributed by atoms with Crippen molar-refractivity contribution in [1.82, 2.24) is 10.2 Å². The topological polar surface area (TPSA) is 80.9 Å². The minimum Gasteiger partial charge on any atom is -0.399 e. The van der Waals surface area contributed by atoms with Crippen LogP contribution in [0.5, 0.6) is 0 Å². The summed E-state index contributed by atoms with van der Waals surface area (Å²) in [4.78, 5) is 12.2. The van der Waals surface area contributed by atoms with Gasteiger partial charge in [-0.25, -0.2) is 0 Å². The number of amides is 1. The predicted molar refractivity (Wildman–Crippen MR) is 85.0 cm³/mol. The molecule has 1 amide bonds. The lowest BCUT2D eigenvalue weighted by Crippen LogP contribution is -2.24. The van der Waals surface area contributed by atoms with E-state index < -0.39 is 0 Å². The van der Waals surface area contributed by atoms with Gasteiger partial charge in [0.05, 0.1) is 0 Å². The third-order valence-electron chi connectivity index (χ3n) is 3.79. The molecule has 3 N–H and O–H groups in total. The number of hydrogen-bond acceptors (Lipinski definition) is 5. The molecule has 1 heterocycles. The van der Waals surface area contributed by atoms with Gasteiger partial charge in [0.1, 0.15) is 5.01 Å². The molecule has 1 aliphatic rings. The van der Waals surface area contributed by atoms with Crippen LogP contribution >= 0.6 is 11.3 Å². The van der Waals surface area contributed by atoms with Gasteiger partial charge in [0.25, 0.3) is 0 Å². The molecular formula is C15H18N4OS. The summed E-state index contributed by atoms with van der Waals surface area (Å²) in [7, 11) is 0. The Bertz CT molecular complexity index is 617. The van der Waals surface area contributed by atoms with Crippen molar-refractivity contribution in [3.63, 3.8) is 0 Å². The number of anilines is 2. The Balaban J connectivity index is 1.67. The molecule has 6 heteroatoms. The van der Waals surface area contributed by atoms with Gasteiger partial charge in [-0.15, -0.1) is 10.2 Å². The fraction of sp³-hybridized carbons (Fsp3) is 0.400. The highest BCUT2D eigenvalue weighted by atomic mass is 32.1. The van der Waals surface area contributed by atoms with Gasteiger partial charge >= 0.3 is 0 Å². The summed E-state index contributed by atoms with van der Waals surface area (Å²) in [6.45, 7) is 0. The molecule has 3 rings (SSSR count). The van der Waals surface area contributed by atoms with Crippen LogP contribution < -0.4 is 11.1 Å². The zero-order valence-corrected chi connectivity index (χ0v) is 12.5. The number of aromatic nitrogens is 2. The van der Waals surface area contributed by atoms with Crippen molar-refractivity contribution in [3.05, 3.63) is 24.3 Å². The van der Waals surface area contributed by atoms with E-state index in [1.807, 2.05) is 24.3 Å². The van der Waals surface area contributed by atoms with Crippen molar-refractivity contribution in [2.75, 3.05) is 11.1 Å². The van der Waals surface area contributed by atoms with Crippen molar-refractivity contribution >= 4 is 28.1 Å². The first-order valence-corrected chi connectivity index (χ1v) is 8.04. The third-order valence-corrected chi connectivity index (χ3v) is 4.68. The molecule has 1 aliphatic carbocycles. The number of carbonyl (C=O) groups is 1. The van der Waals surface area contributed by atoms with Crippen LogP contribution in [-0.2, 0) is 4.79 Å². The first-order valence-electron chi connectivity index (χ1n) is 7.22. The van der Waals surface area contributed by atoms with Gasteiger partial charge in [-0.3, -0.25) is 4.79 Å². The fourth-order valence-electron chi connectivity index (χ4n) is 2.59. The Morgan fingerprint density at radius 2 is 1.86 bits per heavy atom. The largest absolute Gasteiger partial charge is 0.399 e. The van der Waals surface area contributed by atoms with Gasteiger partial charge in [-0.1, -0.05) is 30.6 Å². The minimum absolute atomic E-state index is 0.0784. The standard InChI is InChI=1S/C15H18N4OS/c16-12-8-6-11(7-9-12)14-18-19-15(21-14)17-13(20)10-4-2-1-3-5-10/h6-10H,1-5,16H2,(H,17,19,20). The van der Waals surface area contributed by atoms with E-state index >= 15 is 0 Å². The number of nitrogen functional groups attached to an aromatic ring is 1. The second-order valence-electron chi connectivity index (χ2n) is 5.36. The van der Waals surface area contributed by atoms with E-state index in [4.69, 9.17) is 5.73 Å². The average Bonchev–Trinajstić information content (AvgIpc) is 2.97. The van der Waals surface area contributed by atoms with Crippen molar-refractivity contribution in [3.8, 4) is 10.6 Å². The lowest BCUT2D eigenvalue weighted by atomic mass is 9.89. The third kappa shape index (κ3) is 3.39. The fourth-order valence-corrected chi connectivity index (χ4v) is 3.34. The minimum atomic E-state index is 0.0784. The highest BCUT2D eigenvalue weighted by molar-refractivity contribution is 7.18. The SMILES string of the molecule is Nc1ccc(-c2nnc(NC(=O)C3CCCCC3)s2)cc1. The van der Waals surface area contributed by atoms with Crippen molar-refractivity contribution in [2.24, 2.45) is 5.92 Å². The molecular weight excluding hydrogens is 284 g/mol. The molecule has 1 saturated carbocycles. The summed E-state index contributed by atoms with van der Waals surface area (Å²) in [6, 6.07) is 7.47. The molecule has 1 aromatic heterocycles. The maximum atomic E-state index is 12.2. The summed E-state index contributed by atoms with van der Waals surface area (Å²) in [6.07, 6.45) is 5.49. The van der Waals surface area contributed by atoms with Crippen LogP contribution in [-0.4, -0.2) is 16.1 Å². The quantitative estimate of drug-likeness (QED) is 0.852. The monoisotopic (exact) mass is 302 g/mol. The zero-order chi connectivity index (χ0) is 14.7. The van der Waals surface area contributed by atoms with E-state index in [0.717, 1.165) is 36.3 Å². The molecule has 0 radical (unpaired) electrons. The molecule has 0 unspecified atom stereocenters. The van der Waals surface area contributed by atoms with Crippen molar-refractivity contribution < 1.29 is 4.79 Å². The molecule has 0 aliphatic heterocycles. The van der Waals surface area contributed by atoms with E-state index in [1.165, 1.54) is 17.8 Å². The molecule has 21 heavy (non-hydrogen) atoms. The van der Waals surface area contributed by atoms with Crippen LogP contribution in [0.2, 0.25) is 0 Å². The molecule has 1 fully saturated rings. The molecule has 0 atom stereocenters. The summed E-state index contributed by atoms with van der Waals surface area (Å²) in [5, 5.41) is 12.4. The summed E-state index contributed by atoms with van der Waals surface area (Å²) in [5.41, 5.74) is 7.34. The van der Waals surface area contributed by atoms with Gasteiger partial charge in [0, 0.05) is 17.2 Å². The number of benzene rings is 1. The highest BCUT2D eigenvalue weighted by Gasteiger charge is 2.22. The van der Waals surface area contributed by atoms with Crippen LogP contribution in [0.3, 0.4) is 0 Å². The molecule has 5 nitrogen and oxygen atoms in total. The Morgan fingerprint density at radius 3 is 2.57 bits per heavy atom. The van der Waals surface area contributed by atoms with Gasteiger partial charge in [0.2, 0.25) is 11.0 Å². The summed E-state index contributed by atoms with van der Waals surface area (Å²) in [5.74, 6) is 0.206. The average molecular weight is 302 g/mol. The first kappa shape index (κ1) is 14.0. The van der Waals surface area contributed by atoms with Gasteiger partial charge in [-0.2, -0.15) is 0 Å². The van der Waals surface area contributed by atoms with Gasteiger partial charge < -0.3 is 11.1 Å². The summed E-state index contributed by atoms with van der Waals surface area (Å²) >= 11 is 1.39. The maximum Gasteiger partial charge on any atom is 0.229 e. The van der Waals surface area contributed by atoms with Crippen LogP contribution in [0.15, 0.2) is 24.3 Å². The van der Waals surface area contributed by atoms with E-state index in [-0.39, 0.29) is 11.8 Å². The van der Waals surface area contributed by atoms with Crippen molar-refractivity contribution in [2.45, 2.75) is 32.1 Å². The molecule has 0 bridgehead atoms. The number of nitrogens with zero attached hydrogens (tertiary/aromatic N) is 2. The summed E-state index contributed by atoms with van der Waals surface area (Å²) < 4.78 is 0. The van der Waals surface area contributed by atoms with Crippen LogP contribution in [0.4, 0.5) is 10.8 Å². The number of carbonyl (C=O) groups excluding carboxylic acids is 1. The van der Waals surface area contributed by atoms with Crippen LogP contribution in [0.1, 0.15) is 32.1 Å². The Hall–Kier alpha value is -1.95. The highest BCUT2D eigenvalue weighted by Crippen LogP contribution is 2.29. The van der Waals surface area contributed by atoms with E-state index in [0.29, 0.717) is 10.8 Å². The van der Waals surface area contributed by atoms with Crippen LogP contribution in [0, 0.1) is 5.92 Å². The molecule has 0 saturated heterocycles. The van der Waals surface area contributed by atoms with Gasteiger partial charge in [-0.05, 0) is 37.1 Å².